The van der Waals surface area contributed by atoms with E-state index in [9.17, 15) is 10.1 Å². The standard InChI is InChI=1S/C24H19ClNOS.Ca.Cm.H2N/c1-4-6-20(15(3)25)22(27)12-18-10-17-9-14(2)23(21(13-26)24(17)18)16-7-5-8-19(28)11-16;;;/h4-9,11,28H,12H2,1-3H3;;;1H2/q-1;+2;;-1/p-1/b6-4-,20-15-;;;. The van der Waals surface area contributed by atoms with Crippen molar-refractivity contribution in [1.29, 1.82) is 5.26 Å². The van der Waals surface area contributed by atoms with Gasteiger partial charge in [0, 0.05) is 22.6 Å². The van der Waals surface area contributed by atoms with Gasteiger partial charge in [-0.05, 0) is 31.9 Å². The largest absolute Gasteiger partial charge is 2.00 e. The number of hydrogen-bond donors (Lipinski definition) is 0. The maximum absolute atomic E-state index is 12.7. The van der Waals surface area contributed by atoms with E-state index in [0.29, 0.717) is 16.2 Å². The van der Waals surface area contributed by atoms with Crippen LogP contribution in [0.1, 0.15) is 42.5 Å². The molecule has 1 aliphatic rings. The Morgan fingerprint density at radius 1 is 1.29 bits per heavy atom. The van der Waals surface area contributed by atoms with E-state index in [4.69, 9.17) is 24.2 Å². The molecular formula is C24H20CaClCmN2OS-. The van der Waals surface area contributed by atoms with E-state index >= 15 is 0 Å². The average Bonchev–Trinajstić information content (AvgIpc) is 2.63. The summed E-state index contributed by atoms with van der Waals surface area (Å²) in [6, 6.07) is 11.9. The van der Waals surface area contributed by atoms with Gasteiger partial charge in [-0.25, -0.2) is 0 Å². The third kappa shape index (κ3) is 5.62. The van der Waals surface area contributed by atoms with Gasteiger partial charge in [-0.15, -0.1) is 23.3 Å². The number of aryl methyl sites for hydroxylation is 1. The molecule has 0 saturated carbocycles. The number of ketones is 1. The van der Waals surface area contributed by atoms with E-state index in [2.05, 4.69) is 12.1 Å². The number of fused-ring (bicyclic) bond motifs is 1. The van der Waals surface area contributed by atoms with Gasteiger partial charge in [0.05, 0.1) is 6.07 Å². The van der Waals surface area contributed by atoms with Gasteiger partial charge in [0.2, 0.25) is 0 Å². The molecule has 3 rings (SSSR count). The molecular weight excluding hydrogens is 687 g/mol. The van der Waals surface area contributed by atoms with Crippen LogP contribution in [0.25, 0.3) is 22.9 Å². The minimum Gasteiger partial charge on any atom is -0.780 e. The summed E-state index contributed by atoms with van der Waals surface area (Å²) in [6.07, 6.45) is 6.89. The number of rotatable bonds is 5. The SMILES string of the molecule is C/C=C\C(C(=O)CC1=[C-]c2cc(C)c(-c3cccc([S-])c3)c(C#N)c21)=C(/C)Cl.[Ca+2].[Cm].[NH2-]. The van der Waals surface area contributed by atoms with Crippen LogP contribution in [-0.4, -0.2) is 43.5 Å². The van der Waals surface area contributed by atoms with Gasteiger partial charge in [-0.3, -0.25) is 4.79 Å². The molecule has 0 amide bonds. The Kier molecular flexibility index (Phi) is 10.9. The molecule has 0 heterocycles. The third-order valence-corrected chi connectivity index (χ3v) is 5.15. The molecule has 0 atom stereocenters. The smallest absolute Gasteiger partial charge is 0.780 e. The number of Topliss-reactive ketones (excluding diaryl/α,β-unsaturated/α-hetero) is 1. The predicted octanol–water partition coefficient (Wildman–Crippen LogP) is 6.37. The summed E-state index contributed by atoms with van der Waals surface area (Å²) in [5.74, 6) is -0.0858. The third-order valence-electron chi connectivity index (χ3n) is 4.69. The van der Waals surface area contributed by atoms with Crippen LogP contribution in [-0.2, 0) is 17.4 Å². The number of benzene rings is 2. The fourth-order valence-corrected chi connectivity index (χ4v) is 3.86. The maximum atomic E-state index is 12.7. The van der Waals surface area contributed by atoms with Gasteiger partial charge in [0.15, 0.2) is 5.78 Å². The van der Waals surface area contributed by atoms with Crippen molar-refractivity contribution in [2.24, 2.45) is 0 Å². The molecule has 0 unspecified atom stereocenters. The Labute approximate surface area is 218 Å². The molecule has 0 fully saturated rings. The van der Waals surface area contributed by atoms with Crippen LogP contribution in [0.3, 0.4) is 0 Å². The van der Waals surface area contributed by atoms with Gasteiger partial charge in [-0.1, -0.05) is 59.1 Å². The summed E-state index contributed by atoms with van der Waals surface area (Å²) in [7, 11) is 0. The minimum absolute atomic E-state index is 0. The van der Waals surface area contributed by atoms with Gasteiger partial charge in [-0.2, -0.15) is 10.2 Å². The van der Waals surface area contributed by atoms with Crippen LogP contribution in [0.2, 0.25) is 0 Å². The van der Waals surface area contributed by atoms with Gasteiger partial charge in [0.1, 0.15) is 0 Å². The molecule has 0 saturated heterocycles. The van der Waals surface area contributed by atoms with E-state index in [0.717, 1.165) is 38.3 Å². The van der Waals surface area contributed by atoms with Crippen molar-refractivity contribution >= 4 is 73.3 Å². The zero-order valence-electron chi connectivity index (χ0n) is 17.5. The van der Waals surface area contributed by atoms with Crippen LogP contribution < -0.4 is 0 Å². The summed E-state index contributed by atoms with van der Waals surface area (Å²) >= 11 is 11.4. The van der Waals surface area contributed by atoms with Crippen molar-refractivity contribution in [3.05, 3.63) is 87.6 Å². The van der Waals surface area contributed by atoms with Crippen LogP contribution >= 0.6 is 11.6 Å². The predicted molar refractivity (Wildman–Crippen MR) is 127 cm³/mol. The second kappa shape index (κ2) is 11.8. The Hall–Kier alpha value is -2.45. The summed E-state index contributed by atoms with van der Waals surface area (Å²) < 4.78 is 0. The number of nitrogens with two attached hydrogens (primary N) is 1. The molecule has 2 aromatic rings. The second-order valence-electron chi connectivity index (χ2n) is 6.66. The molecule has 31 heavy (non-hydrogen) atoms. The normalized spacial score (nSPS) is 12.0. The van der Waals surface area contributed by atoms with Crippen LogP contribution in [0.5, 0.6) is 0 Å². The van der Waals surface area contributed by atoms with Crippen molar-refractivity contribution in [2.45, 2.75) is 32.1 Å². The van der Waals surface area contributed by atoms with E-state index in [1.165, 1.54) is 0 Å². The molecule has 0 bridgehead atoms. The quantitative estimate of drug-likeness (QED) is 0.119. The van der Waals surface area contributed by atoms with Crippen LogP contribution in [0.4, 0.5) is 0 Å². The first-order valence-corrected chi connectivity index (χ1v) is 9.66. The Balaban J connectivity index is 0.00000300. The summed E-state index contributed by atoms with van der Waals surface area (Å²) in [5, 5.41) is 10.4. The number of hydrogen-bond acceptors (Lipinski definition) is 3. The Morgan fingerprint density at radius 3 is 2.52 bits per heavy atom. The molecule has 2 aromatic carbocycles. The molecule has 2 N–H and O–H groups in total. The van der Waals surface area contributed by atoms with Crippen molar-refractivity contribution in [3.8, 4) is 17.2 Å². The molecule has 1 aliphatic carbocycles. The molecule has 156 valence electrons. The average molecular weight is 707 g/mol. The van der Waals surface area contributed by atoms with Gasteiger partial charge < -0.3 is 18.8 Å². The maximum Gasteiger partial charge on any atom is 2.00 e. The van der Waals surface area contributed by atoms with Crippen molar-refractivity contribution < 1.29 is 4.79 Å². The van der Waals surface area contributed by atoms with Crippen molar-refractivity contribution in [1.82, 2.24) is 0 Å². The van der Waals surface area contributed by atoms with Crippen molar-refractivity contribution in [2.75, 3.05) is 0 Å². The molecule has 0 radical (unpaired) electrons. The zero-order chi connectivity index (χ0) is 20.4. The molecule has 3 nitrogen and oxygen atoms in total. The molecule has 7 heteroatoms. The first kappa shape index (κ1) is 28.5. The fourth-order valence-electron chi connectivity index (χ4n) is 3.48. The van der Waals surface area contributed by atoms with Crippen LogP contribution in [0, 0.1) is 24.3 Å². The summed E-state index contributed by atoms with van der Waals surface area (Å²) in [5.41, 5.74) is 6.22. The molecule has 0 aliphatic heterocycles. The number of carbonyl (C=O) groups is 1. The van der Waals surface area contributed by atoms with Gasteiger partial charge in [0.25, 0.3) is 0 Å². The van der Waals surface area contributed by atoms with Crippen LogP contribution in [0.15, 0.2) is 58.0 Å². The van der Waals surface area contributed by atoms with Crippen molar-refractivity contribution in [3.63, 3.8) is 0 Å². The number of halogens is 1. The fraction of sp³-hybridized carbons (Fsp3) is 0.167. The van der Waals surface area contributed by atoms with E-state index in [1.807, 2.05) is 44.2 Å². The monoisotopic (exact) mass is 702 g/mol. The number of carbonyl (C=O) groups excluding carboxylic acids is 1. The molecule has 0 aromatic heterocycles. The summed E-state index contributed by atoms with van der Waals surface area (Å²) in [4.78, 5) is 13.4. The van der Waals surface area contributed by atoms with E-state index in [1.54, 1.807) is 19.1 Å². The number of nitriles is 1. The van der Waals surface area contributed by atoms with E-state index < -0.39 is 0 Å². The first-order valence-electron chi connectivity index (χ1n) is 8.88. The second-order valence-corrected chi connectivity index (χ2v) is 7.69. The minimum atomic E-state index is -0.0858. The summed E-state index contributed by atoms with van der Waals surface area (Å²) in [6.45, 7) is 5.51. The molecule has 0 spiro atoms. The first-order chi connectivity index (χ1) is 13.4. The Morgan fingerprint density at radius 2 is 1.97 bits per heavy atom. The van der Waals surface area contributed by atoms with E-state index in [-0.39, 0.29) is 56.1 Å². The van der Waals surface area contributed by atoms with Gasteiger partial charge >= 0.3 is 37.7 Å². The number of nitrogens with zero attached hydrogens (tertiary/aromatic N) is 1. The topological polar surface area (TPSA) is 74.4 Å². The zero-order valence-corrected chi connectivity index (χ0v) is 24.3. The number of allylic oxidation sites excluding steroid dienone is 5. The Bertz CT molecular complexity index is 1130.